The quantitative estimate of drug-likeness (QED) is 0.742. The van der Waals surface area contributed by atoms with Crippen molar-refractivity contribution in [1.82, 2.24) is 10.2 Å². The number of anilines is 1. The molecule has 1 unspecified atom stereocenters. The Balaban J connectivity index is 2.92. The number of halogens is 1. The number of carbonyl (C=O) groups excluding carboxylic acids is 2. The van der Waals surface area contributed by atoms with E-state index in [1.165, 1.54) is 31.0 Å². The summed E-state index contributed by atoms with van der Waals surface area (Å²) < 4.78 is 0. The number of hydrogen-bond acceptors (Lipinski definition) is 3. The first-order chi connectivity index (χ1) is 11.4. The van der Waals surface area contributed by atoms with Crippen molar-refractivity contribution in [3.05, 3.63) is 28.8 Å². The van der Waals surface area contributed by atoms with Crippen LogP contribution in [0.5, 0.6) is 0 Å². The highest BCUT2D eigenvalue weighted by atomic mass is 35.5. The van der Waals surface area contributed by atoms with E-state index in [2.05, 4.69) is 10.6 Å². The summed E-state index contributed by atoms with van der Waals surface area (Å²) in [5, 5.41) is 14.6. The van der Waals surface area contributed by atoms with Gasteiger partial charge in [-0.1, -0.05) is 18.5 Å². The number of carbonyl (C=O) groups is 3. The van der Waals surface area contributed by atoms with E-state index in [-0.39, 0.29) is 17.1 Å². The normalized spacial score (nSPS) is 12.2. The maximum atomic E-state index is 12.5. The lowest BCUT2D eigenvalue weighted by atomic mass is 10.1. The Kier molecular flexibility index (Phi) is 6.81. The van der Waals surface area contributed by atoms with Crippen LogP contribution in [0.3, 0.4) is 0 Å². The Hall–Kier alpha value is -2.28. The molecule has 1 rings (SSSR count). The number of nitrogens with zero attached hydrogens (tertiary/aromatic N) is 1. The highest BCUT2D eigenvalue weighted by Crippen LogP contribution is 2.22. The van der Waals surface area contributed by atoms with Crippen LogP contribution < -0.4 is 10.6 Å². The van der Waals surface area contributed by atoms with Gasteiger partial charge in [0.05, 0.1) is 16.5 Å². The predicted molar refractivity (Wildman–Crippen MR) is 97.1 cm³/mol. The molecule has 0 saturated heterocycles. The van der Waals surface area contributed by atoms with Gasteiger partial charge in [-0.05, 0) is 39.0 Å². The van der Waals surface area contributed by atoms with Crippen LogP contribution in [0.1, 0.15) is 38.1 Å². The van der Waals surface area contributed by atoms with Gasteiger partial charge in [0.2, 0.25) is 0 Å². The van der Waals surface area contributed by atoms with E-state index in [4.69, 9.17) is 16.7 Å². The molecular weight excluding hydrogens is 346 g/mol. The van der Waals surface area contributed by atoms with Crippen LogP contribution in [0, 0.1) is 5.92 Å². The van der Waals surface area contributed by atoms with Crippen molar-refractivity contribution in [1.29, 1.82) is 0 Å². The van der Waals surface area contributed by atoms with Gasteiger partial charge in [0.25, 0.3) is 5.91 Å². The molecule has 0 spiro atoms. The number of carboxylic acid groups (broad SMARTS) is 1. The van der Waals surface area contributed by atoms with Crippen molar-refractivity contribution in [2.24, 2.45) is 5.92 Å². The smallest absolute Gasteiger partial charge is 0.319 e. The molecule has 1 aromatic rings. The number of benzene rings is 1. The van der Waals surface area contributed by atoms with Crippen LogP contribution in [0.25, 0.3) is 0 Å². The number of hydrogen-bond donors (Lipinski definition) is 3. The monoisotopic (exact) mass is 369 g/mol. The zero-order chi connectivity index (χ0) is 19.4. The number of nitrogens with one attached hydrogen (secondary N) is 2. The molecule has 0 aromatic heterocycles. The Morgan fingerprint density at radius 1 is 1.28 bits per heavy atom. The molecule has 8 heteroatoms. The fourth-order valence-electron chi connectivity index (χ4n) is 2.05. The fraction of sp³-hybridized carbons (Fsp3) is 0.471. The minimum absolute atomic E-state index is 0.0483. The lowest BCUT2D eigenvalue weighted by molar-refractivity contribution is -0.141. The second kappa shape index (κ2) is 8.20. The van der Waals surface area contributed by atoms with Crippen molar-refractivity contribution in [2.75, 3.05) is 18.9 Å². The van der Waals surface area contributed by atoms with Gasteiger partial charge in [-0.15, -0.1) is 0 Å². The summed E-state index contributed by atoms with van der Waals surface area (Å²) in [4.78, 5) is 36.7. The third kappa shape index (κ3) is 6.62. The number of rotatable bonds is 5. The number of carboxylic acids is 1. The van der Waals surface area contributed by atoms with Gasteiger partial charge in [-0.3, -0.25) is 9.59 Å². The molecule has 3 N–H and O–H groups in total. The zero-order valence-electron chi connectivity index (χ0n) is 15.0. The topological polar surface area (TPSA) is 98.7 Å². The van der Waals surface area contributed by atoms with Crippen LogP contribution >= 0.6 is 11.6 Å². The summed E-state index contributed by atoms with van der Waals surface area (Å²) in [6.07, 6.45) is 0. The van der Waals surface area contributed by atoms with Crippen LogP contribution in [0.2, 0.25) is 5.02 Å². The average Bonchev–Trinajstić information content (AvgIpc) is 2.46. The minimum Gasteiger partial charge on any atom is -0.481 e. The van der Waals surface area contributed by atoms with Gasteiger partial charge < -0.3 is 20.6 Å². The molecule has 0 fully saturated rings. The van der Waals surface area contributed by atoms with E-state index < -0.39 is 29.4 Å². The van der Waals surface area contributed by atoms with E-state index in [0.717, 1.165) is 0 Å². The van der Waals surface area contributed by atoms with E-state index >= 15 is 0 Å². The molecule has 0 bridgehead atoms. The second-order valence-corrected chi connectivity index (χ2v) is 7.36. The van der Waals surface area contributed by atoms with Crippen molar-refractivity contribution >= 4 is 35.2 Å². The first kappa shape index (κ1) is 20.8. The van der Waals surface area contributed by atoms with Crippen molar-refractivity contribution in [2.45, 2.75) is 33.2 Å². The van der Waals surface area contributed by atoms with E-state index in [9.17, 15) is 14.4 Å². The predicted octanol–water partition coefficient (Wildman–Crippen LogP) is 3.05. The Morgan fingerprint density at radius 2 is 1.88 bits per heavy atom. The highest BCUT2D eigenvalue weighted by Gasteiger charge is 2.21. The standard InChI is InChI=1S/C17H24ClN3O4/c1-10(15(23)24)9-21(5)14(22)12-8-11(6-7-13(12)18)19-16(25)20-17(2,3)4/h6-8,10H,9H2,1-5H3,(H,23,24)(H2,19,20,25). The van der Waals surface area contributed by atoms with Crippen LogP contribution in [0.4, 0.5) is 10.5 Å². The van der Waals surface area contributed by atoms with E-state index in [0.29, 0.717) is 5.69 Å². The molecule has 0 aliphatic carbocycles. The molecule has 0 heterocycles. The van der Waals surface area contributed by atoms with Gasteiger partial charge >= 0.3 is 12.0 Å². The van der Waals surface area contributed by atoms with E-state index in [1.807, 2.05) is 20.8 Å². The maximum Gasteiger partial charge on any atom is 0.319 e. The molecule has 1 atom stereocenters. The summed E-state index contributed by atoms with van der Waals surface area (Å²) in [6, 6.07) is 4.16. The molecule has 0 radical (unpaired) electrons. The van der Waals surface area contributed by atoms with Gasteiger partial charge in [0, 0.05) is 24.8 Å². The van der Waals surface area contributed by atoms with Crippen molar-refractivity contribution in [3.63, 3.8) is 0 Å². The largest absolute Gasteiger partial charge is 0.481 e. The van der Waals surface area contributed by atoms with Crippen molar-refractivity contribution in [3.8, 4) is 0 Å². The fourth-order valence-corrected chi connectivity index (χ4v) is 2.25. The molecule has 25 heavy (non-hydrogen) atoms. The Labute approximate surface area is 152 Å². The van der Waals surface area contributed by atoms with E-state index in [1.54, 1.807) is 6.07 Å². The Morgan fingerprint density at radius 3 is 2.40 bits per heavy atom. The van der Waals surface area contributed by atoms with Crippen molar-refractivity contribution < 1.29 is 19.5 Å². The molecule has 3 amide bonds. The molecular formula is C17H24ClN3O4. The van der Waals surface area contributed by atoms with Gasteiger partial charge in [0.1, 0.15) is 0 Å². The molecule has 138 valence electrons. The minimum atomic E-state index is -0.986. The third-order valence-electron chi connectivity index (χ3n) is 3.26. The molecule has 0 aliphatic rings. The van der Waals surface area contributed by atoms with Gasteiger partial charge in [-0.2, -0.15) is 0 Å². The summed E-state index contributed by atoms with van der Waals surface area (Å²) in [7, 11) is 1.50. The zero-order valence-corrected chi connectivity index (χ0v) is 15.8. The third-order valence-corrected chi connectivity index (χ3v) is 3.59. The SMILES string of the molecule is CC(CN(C)C(=O)c1cc(NC(=O)NC(C)(C)C)ccc1Cl)C(=O)O. The first-order valence-corrected chi connectivity index (χ1v) is 8.15. The first-order valence-electron chi connectivity index (χ1n) is 7.77. The molecule has 0 aliphatic heterocycles. The molecule has 7 nitrogen and oxygen atoms in total. The summed E-state index contributed by atoms with van der Waals surface area (Å²) in [5.41, 5.74) is 0.201. The number of amides is 3. The number of aliphatic carboxylic acids is 1. The Bertz CT molecular complexity index is 670. The van der Waals surface area contributed by atoms with Crippen LogP contribution in [-0.2, 0) is 4.79 Å². The van der Waals surface area contributed by atoms with Gasteiger partial charge in [-0.25, -0.2) is 4.79 Å². The summed E-state index contributed by atoms with van der Waals surface area (Å²) >= 11 is 6.09. The lowest BCUT2D eigenvalue weighted by Crippen LogP contribution is -2.43. The van der Waals surface area contributed by atoms with Gasteiger partial charge in [0.15, 0.2) is 0 Å². The van der Waals surface area contributed by atoms with Crippen LogP contribution in [0.15, 0.2) is 18.2 Å². The average molecular weight is 370 g/mol. The maximum absolute atomic E-state index is 12.5. The lowest BCUT2D eigenvalue weighted by Gasteiger charge is -2.22. The highest BCUT2D eigenvalue weighted by molar-refractivity contribution is 6.34. The summed E-state index contributed by atoms with van der Waals surface area (Å²) in [6.45, 7) is 7.11. The number of urea groups is 1. The molecule has 1 aromatic carbocycles. The summed E-state index contributed by atoms with van der Waals surface area (Å²) in [5.74, 6) is -2.11. The molecule has 0 saturated carbocycles. The second-order valence-electron chi connectivity index (χ2n) is 6.95. The van der Waals surface area contributed by atoms with Crippen LogP contribution in [-0.4, -0.2) is 47.0 Å².